The summed E-state index contributed by atoms with van der Waals surface area (Å²) in [6, 6.07) is 7.87. The number of carbonyl (C=O) groups excluding carboxylic acids is 1. The van der Waals surface area contributed by atoms with Crippen molar-refractivity contribution in [3.63, 3.8) is 0 Å². The molecular weight excluding hydrogens is 312 g/mol. The predicted octanol–water partition coefficient (Wildman–Crippen LogP) is 4.04. The van der Waals surface area contributed by atoms with Gasteiger partial charge in [0.25, 0.3) is 0 Å². The van der Waals surface area contributed by atoms with E-state index in [1.807, 2.05) is 0 Å². The Morgan fingerprint density at radius 2 is 2.14 bits per heavy atom. The highest BCUT2D eigenvalue weighted by Crippen LogP contribution is 2.31. The molecule has 0 saturated carbocycles. The van der Waals surface area contributed by atoms with E-state index in [2.05, 4.69) is 0 Å². The SMILES string of the molecule is Cc1cc(=O)oc2cc(OC(=O)c3cccs3)c(Cl)cc12. The van der Waals surface area contributed by atoms with Gasteiger partial charge in [-0.1, -0.05) is 17.7 Å². The summed E-state index contributed by atoms with van der Waals surface area (Å²) in [5, 5.41) is 2.76. The predicted molar refractivity (Wildman–Crippen MR) is 81.5 cm³/mol. The van der Waals surface area contributed by atoms with E-state index in [0.29, 0.717) is 15.8 Å². The van der Waals surface area contributed by atoms with Crippen LogP contribution in [0.25, 0.3) is 11.0 Å². The van der Waals surface area contributed by atoms with Crippen LogP contribution in [0.1, 0.15) is 15.2 Å². The number of ether oxygens (including phenoxy) is 1. The van der Waals surface area contributed by atoms with Gasteiger partial charge in [-0.15, -0.1) is 11.3 Å². The van der Waals surface area contributed by atoms with Gasteiger partial charge in [0.2, 0.25) is 0 Å². The van der Waals surface area contributed by atoms with Crippen LogP contribution in [0.5, 0.6) is 5.75 Å². The van der Waals surface area contributed by atoms with Gasteiger partial charge in [-0.3, -0.25) is 0 Å². The standard InChI is InChI=1S/C15H9ClO4S/c1-8-5-14(17)19-11-7-12(10(16)6-9(8)11)20-15(18)13-3-2-4-21-13/h2-7H,1H3. The van der Waals surface area contributed by atoms with Crippen molar-refractivity contribution in [3.8, 4) is 5.75 Å². The average molecular weight is 321 g/mol. The lowest BCUT2D eigenvalue weighted by molar-refractivity contribution is 0.0740. The summed E-state index contributed by atoms with van der Waals surface area (Å²) < 4.78 is 10.4. The third-order valence-corrected chi connectivity index (χ3v) is 4.07. The zero-order valence-electron chi connectivity index (χ0n) is 10.9. The van der Waals surface area contributed by atoms with E-state index in [1.54, 1.807) is 30.5 Å². The third kappa shape index (κ3) is 2.70. The number of benzene rings is 1. The number of carbonyl (C=O) groups is 1. The fourth-order valence-corrected chi connectivity index (χ4v) is 2.74. The molecule has 0 aliphatic rings. The summed E-state index contributed by atoms with van der Waals surface area (Å²) in [6.45, 7) is 1.78. The molecule has 2 aromatic heterocycles. The minimum absolute atomic E-state index is 0.163. The van der Waals surface area contributed by atoms with Crippen LogP contribution in [0.4, 0.5) is 0 Å². The Labute approximate surface area is 128 Å². The molecule has 0 saturated heterocycles. The van der Waals surface area contributed by atoms with Crippen molar-refractivity contribution in [1.82, 2.24) is 0 Å². The molecule has 0 N–H and O–H groups in total. The Bertz CT molecular complexity index is 881. The molecule has 0 unspecified atom stereocenters. The highest BCUT2D eigenvalue weighted by atomic mass is 35.5. The van der Waals surface area contributed by atoms with E-state index in [4.69, 9.17) is 20.8 Å². The van der Waals surface area contributed by atoms with Crippen LogP contribution >= 0.6 is 22.9 Å². The van der Waals surface area contributed by atoms with Gasteiger partial charge in [0.1, 0.15) is 10.5 Å². The van der Waals surface area contributed by atoms with E-state index in [-0.39, 0.29) is 10.8 Å². The largest absolute Gasteiger partial charge is 0.423 e. The van der Waals surface area contributed by atoms with Crippen LogP contribution in [0.15, 0.2) is 44.9 Å². The maximum absolute atomic E-state index is 11.9. The minimum Gasteiger partial charge on any atom is -0.423 e. The van der Waals surface area contributed by atoms with E-state index >= 15 is 0 Å². The second-order valence-electron chi connectivity index (χ2n) is 4.39. The van der Waals surface area contributed by atoms with Crippen LogP contribution in [0.3, 0.4) is 0 Å². The molecule has 1 aromatic carbocycles. The second kappa shape index (κ2) is 5.35. The summed E-state index contributed by atoms with van der Waals surface area (Å²) in [5.74, 6) is -0.336. The number of halogens is 1. The molecule has 0 aliphatic heterocycles. The van der Waals surface area contributed by atoms with Gasteiger partial charge >= 0.3 is 11.6 Å². The first-order valence-electron chi connectivity index (χ1n) is 6.04. The quantitative estimate of drug-likeness (QED) is 0.406. The molecule has 0 radical (unpaired) electrons. The highest BCUT2D eigenvalue weighted by Gasteiger charge is 2.14. The fraction of sp³-hybridized carbons (Fsp3) is 0.0667. The van der Waals surface area contributed by atoms with E-state index < -0.39 is 11.6 Å². The topological polar surface area (TPSA) is 56.5 Å². The third-order valence-electron chi connectivity index (χ3n) is 2.93. The summed E-state index contributed by atoms with van der Waals surface area (Å²) >= 11 is 7.40. The molecule has 4 nitrogen and oxygen atoms in total. The molecule has 0 spiro atoms. The zero-order chi connectivity index (χ0) is 15.0. The normalized spacial score (nSPS) is 10.8. The van der Waals surface area contributed by atoms with Gasteiger partial charge in [0.15, 0.2) is 5.75 Å². The van der Waals surface area contributed by atoms with Crippen molar-refractivity contribution < 1.29 is 13.9 Å². The first kappa shape index (κ1) is 13.9. The molecule has 0 bridgehead atoms. The second-order valence-corrected chi connectivity index (χ2v) is 5.75. The Morgan fingerprint density at radius 1 is 1.33 bits per heavy atom. The Kier molecular flexibility index (Phi) is 3.53. The summed E-state index contributed by atoms with van der Waals surface area (Å²) in [5.41, 5.74) is 0.621. The molecule has 0 aliphatic carbocycles. The first-order chi connectivity index (χ1) is 10.0. The van der Waals surface area contributed by atoms with Gasteiger partial charge in [-0.05, 0) is 30.0 Å². The Balaban J connectivity index is 2.05. The van der Waals surface area contributed by atoms with Crippen molar-refractivity contribution in [1.29, 1.82) is 0 Å². The molecule has 0 atom stereocenters. The number of hydrogen-bond acceptors (Lipinski definition) is 5. The van der Waals surface area contributed by atoms with Gasteiger partial charge < -0.3 is 9.15 Å². The van der Waals surface area contributed by atoms with Crippen molar-refractivity contribution in [2.45, 2.75) is 6.92 Å². The van der Waals surface area contributed by atoms with Crippen LogP contribution < -0.4 is 10.4 Å². The smallest absolute Gasteiger partial charge is 0.353 e. The van der Waals surface area contributed by atoms with Crippen LogP contribution in [0.2, 0.25) is 5.02 Å². The van der Waals surface area contributed by atoms with Crippen LogP contribution in [-0.4, -0.2) is 5.97 Å². The maximum Gasteiger partial charge on any atom is 0.353 e. The minimum atomic E-state index is -0.499. The number of thiophene rings is 1. The molecule has 0 amide bonds. The van der Waals surface area contributed by atoms with Crippen molar-refractivity contribution >= 4 is 39.9 Å². The number of hydrogen-bond donors (Lipinski definition) is 0. The van der Waals surface area contributed by atoms with Gasteiger partial charge in [-0.2, -0.15) is 0 Å². The maximum atomic E-state index is 11.9. The lowest BCUT2D eigenvalue weighted by Gasteiger charge is -2.07. The molecule has 0 fully saturated rings. The number of fused-ring (bicyclic) bond motifs is 1. The number of rotatable bonds is 2. The fourth-order valence-electron chi connectivity index (χ4n) is 1.94. The van der Waals surface area contributed by atoms with Gasteiger partial charge in [0.05, 0.1) is 5.02 Å². The Morgan fingerprint density at radius 3 is 2.86 bits per heavy atom. The summed E-state index contributed by atoms with van der Waals surface area (Å²) in [7, 11) is 0. The lowest BCUT2D eigenvalue weighted by Crippen LogP contribution is -2.07. The highest BCUT2D eigenvalue weighted by molar-refractivity contribution is 7.12. The zero-order valence-corrected chi connectivity index (χ0v) is 12.5. The lowest BCUT2D eigenvalue weighted by atomic mass is 10.1. The molecular formula is C15H9ClO4S. The molecule has 21 heavy (non-hydrogen) atoms. The summed E-state index contributed by atoms with van der Waals surface area (Å²) in [6.07, 6.45) is 0. The van der Waals surface area contributed by atoms with Crippen molar-refractivity contribution in [2.24, 2.45) is 0 Å². The van der Waals surface area contributed by atoms with Crippen LogP contribution in [0, 0.1) is 6.92 Å². The van der Waals surface area contributed by atoms with E-state index in [1.165, 1.54) is 23.5 Å². The van der Waals surface area contributed by atoms with Crippen LogP contribution in [-0.2, 0) is 0 Å². The molecule has 6 heteroatoms. The number of aryl methyl sites for hydroxylation is 1. The van der Waals surface area contributed by atoms with E-state index in [0.717, 1.165) is 5.56 Å². The molecule has 3 rings (SSSR count). The molecule has 2 heterocycles. The molecule has 3 aromatic rings. The Hall–Kier alpha value is -2.11. The monoisotopic (exact) mass is 320 g/mol. The first-order valence-corrected chi connectivity index (χ1v) is 7.30. The summed E-state index contributed by atoms with van der Waals surface area (Å²) in [4.78, 5) is 23.8. The molecule has 106 valence electrons. The van der Waals surface area contributed by atoms with Gasteiger partial charge in [0, 0.05) is 17.5 Å². The van der Waals surface area contributed by atoms with Crippen molar-refractivity contribution in [2.75, 3.05) is 0 Å². The van der Waals surface area contributed by atoms with Crippen molar-refractivity contribution in [3.05, 3.63) is 61.6 Å². The average Bonchev–Trinajstić information content (AvgIpc) is 2.94. The number of esters is 1. The van der Waals surface area contributed by atoms with Gasteiger partial charge in [-0.25, -0.2) is 9.59 Å². The van der Waals surface area contributed by atoms with E-state index in [9.17, 15) is 9.59 Å².